The van der Waals surface area contributed by atoms with Gasteiger partial charge in [0.15, 0.2) is 5.79 Å². The van der Waals surface area contributed by atoms with Gasteiger partial charge in [-0.3, -0.25) is 0 Å². The van der Waals surface area contributed by atoms with E-state index < -0.39 is 5.79 Å². The fourth-order valence-electron chi connectivity index (χ4n) is 3.24. The molecular weight excluding hydrogens is 512 g/mol. The number of hydrogen-bond acceptors (Lipinski definition) is 9. The Kier molecular flexibility index (Phi) is 18.2. The standard InChI is InChI=1S/C23H33N5OS.C3H5N.C3H8O2/c1-5-9-18(15-29)12-14-24-21-20(17(4)26-23(28-21)25-13-6-2)22(30)27-19-11-8-7-10-16(19)3;1-2-3-4;1-3(2,4)5/h6-8,10-11,18,29H,2,5,9,12-15H2,1,3-4H3,(H,27,30)(H2,24,25,26,28);2-4H,1H2;4-5H,1-2H3. The lowest BCUT2D eigenvalue weighted by Gasteiger charge is -2.19. The molecule has 1 unspecified atom stereocenters. The van der Waals surface area contributed by atoms with Crippen LogP contribution in [0.1, 0.15) is 56.9 Å². The minimum Gasteiger partial charge on any atom is -0.396 e. The number of hydrogen-bond donors (Lipinski definition) is 7. The predicted octanol–water partition coefficient (Wildman–Crippen LogP) is 5.22. The van der Waals surface area contributed by atoms with E-state index in [0.717, 1.165) is 48.0 Å². The monoisotopic (exact) mass is 558 g/mol. The van der Waals surface area contributed by atoms with Crippen molar-refractivity contribution in [3.05, 3.63) is 66.4 Å². The number of thiocarbonyl (C=S) groups is 1. The summed E-state index contributed by atoms with van der Waals surface area (Å²) in [6.45, 7) is 17.1. The van der Waals surface area contributed by atoms with Gasteiger partial charge in [0.05, 0.1) is 11.3 Å². The van der Waals surface area contributed by atoms with Gasteiger partial charge in [0.25, 0.3) is 0 Å². The molecule has 0 saturated heterocycles. The van der Waals surface area contributed by atoms with Crippen LogP contribution in [0.25, 0.3) is 0 Å². The number of rotatable bonds is 13. The molecule has 0 spiro atoms. The molecule has 7 N–H and O–H groups in total. The van der Waals surface area contributed by atoms with Crippen molar-refractivity contribution < 1.29 is 15.3 Å². The number of aromatic nitrogens is 2. The Balaban J connectivity index is 0.00000139. The van der Waals surface area contributed by atoms with Gasteiger partial charge < -0.3 is 36.7 Å². The molecule has 1 aromatic carbocycles. The molecule has 39 heavy (non-hydrogen) atoms. The minimum absolute atomic E-state index is 0.199. The number of aliphatic hydroxyl groups excluding tert-OH is 1. The maximum absolute atomic E-state index is 9.57. The summed E-state index contributed by atoms with van der Waals surface area (Å²) >= 11 is 5.73. The summed E-state index contributed by atoms with van der Waals surface area (Å²) in [5, 5.41) is 41.8. The molecule has 0 bridgehead atoms. The number of para-hydroxylation sites is 1. The average Bonchev–Trinajstić information content (AvgIpc) is 2.87. The molecule has 1 heterocycles. The van der Waals surface area contributed by atoms with Crippen LogP contribution in [0, 0.1) is 25.2 Å². The lowest BCUT2D eigenvalue weighted by atomic mass is 10.0. The molecule has 0 saturated carbocycles. The van der Waals surface area contributed by atoms with Crippen molar-refractivity contribution in [2.45, 2.75) is 59.7 Å². The average molecular weight is 559 g/mol. The normalized spacial score (nSPS) is 11.0. The zero-order chi connectivity index (χ0) is 29.8. The van der Waals surface area contributed by atoms with Gasteiger partial charge in [-0.15, -0.1) is 6.58 Å². The summed E-state index contributed by atoms with van der Waals surface area (Å²) in [5.41, 5.74) is 3.65. The quantitative estimate of drug-likeness (QED) is 0.0761. The van der Waals surface area contributed by atoms with Crippen LogP contribution in [0.2, 0.25) is 0 Å². The zero-order valence-corrected chi connectivity index (χ0v) is 24.7. The fourth-order valence-corrected chi connectivity index (χ4v) is 3.60. The predicted molar refractivity (Wildman–Crippen MR) is 168 cm³/mol. The topological polar surface area (TPSA) is 146 Å². The molecule has 0 amide bonds. The Bertz CT molecular complexity index is 1030. The van der Waals surface area contributed by atoms with Gasteiger partial charge in [0.1, 0.15) is 10.8 Å². The van der Waals surface area contributed by atoms with Crippen LogP contribution < -0.4 is 16.0 Å². The van der Waals surface area contributed by atoms with Crippen LogP contribution in [-0.4, -0.2) is 62.0 Å². The highest BCUT2D eigenvalue weighted by atomic mass is 32.1. The summed E-state index contributed by atoms with van der Waals surface area (Å²) < 4.78 is 0. The van der Waals surface area contributed by atoms with E-state index in [0.29, 0.717) is 29.8 Å². The lowest BCUT2D eigenvalue weighted by Crippen LogP contribution is -2.20. The molecule has 1 aromatic heterocycles. The van der Waals surface area contributed by atoms with E-state index in [1.807, 2.05) is 38.1 Å². The van der Waals surface area contributed by atoms with Crippen LogP contribution in [0.5, 0.6) is 0 Å². The molecule has 1 atom stereocenters. The summed E-state index contributed by atoms with van der Waals surface area (Å²) in [6, 6.07) is 8.02. The highest BCUT2D eigenvalue weighted by molar-refractivity contribution is 7.81. The van der Waals surface area contributed by atoms with E-state index in [1.54, 1.807) is 6.08 Å². The number of aliphatic hydroxyl groups is 3. The van der Waals surface area contributed by atoms with Gasteiger partial charge in [-0.1, -0.05) is 62.5 Å². The fraction of sp³-hybridized carbons (Fsp3) is 0.448. The van der Waals surface area contributed by atoms with Gasteiger partial charge >= 0.3 is 0 Å². The first-order valence-electron chi connectivity index (χ1n) is 12.9. The molecule has 0 aliphatic rings. The third-order valence-corrected chi connectivity index (χ3v) is 5.34. The SMILES string of the molecule is C=CC=N.C=CCNc1nc(C)c(C(=S)Nc2ccccc2C)c(NCCC(CO)CCC)n1.CC(C)(O)O. The summed E-state index contributed by atoms with van der Waals surface area (Å²) in [4.78, 5) is 9.80. The summed E-state index contributed by atoms with van der Waals surface area (Å²) in [5.74, 6) is 0.00207. The largest absolute Gasteiger partial charge is 0.396 e. The van der Waals surface area contributed by atoms with E-state index in [4.69, 9.17) is 27.8 Å². The van der Waals surface area contributed by atoms with E-state index in [9.17, 15) is 5.11 Å². The van der Waals surface area contributed by atoms with Gasteiger partial charge in [-0.2, -0.15) is 4.98 Å². The molecule has 10 heteroatoms. The highest BCUT2D eigenvalue weighted by Gasteiger charge is 2.17. The van der Waals surface area contributed by atoms with E-state index in [1.165, 1.54) is 19.9 Å². The third kappa shape index (κ3) is 16.4. The van der Waals surface area contributed by atoms with Gasteiger partial charge in [-0.05, 0) is 58.1 Å². The molecule has 2 aromatic rings. The second-order valence-corrected chi connectivity index (χ2v) is 9.65. The van der Waals surface area contributed by atoms with Crippen molar-refractivity contribution in [3.63, 3.8) is 0 Å². The first kappa shape index (κ1) is 35.8. The number of nitrogens with zero attached hydrogens (tertiary/aromatic N) is 2. The van der Waals surface area contributed by atoms with Crippen molar-refractivity contribution in [3.8, 4) is 0 Å². The van der Waals surface area contributed by atoms with Crippen molar-refractivity contribution >= 4 is 40.9 Å². The van der Waals surface area contributed by atoms with Crippen LogP contribution in [0.15, 0.2) is 49.6 Å². The first-order valence-corrected chi connectivity index (χ1v) is 13.3. The van der Waals surface area contributed by atoms with Gasteiger partial charge in [0.2, 0.25) is 5.95 Å². The van der Waals surface area contributed by atoms with Crippen molar-refractivity contribution in [1.82, 2.24) is 9.97 Å². The Hall–Kier alpha value is -3.18. The Morgan fingerprint density at radius 1 is 1.13 bits per heavy atom. The van der Waals surface area contributed by atoms with Crippen LogP contribution in [-0.2, 0) is 0 Å². The minimum atomic E-state index is -1.50. The summed E-state index contributed by atoms with van der Waals surface area (Å²) in [7, 11) is 0. The maximum Gasteiger partial charge on any atom is 0.225 e. The Morgan fingerprint density at radius 3 is 2.26 bits per heavy atom. The van der Waals surface area contributed by atoms with Gasteiger partial charge in [-0.25, -0.2) is 4.98 Å². The number of allylic oxidation sites excluding steroid dienone is 1. The maximum atomic E-state index is 9.57. The summed E-state index contributed by atoms with van der Waals surface area (Å²) in [6.07, 6.45) is 7.25. The smallest absolute Gasteiger partial charge is 0.225 e. The second-order valence-electron chi connectivity index (χ2n) is 9.24. The van der Waals surface area contributed by atoms with Crippen LogP contribution >= 0.6 is 12.2 Å². The van der Waals surface area contributed by atoms with E-state index in [-0.39, 0.29) is 12.5 Å². The first-order chi connectivity index (χ1) is 18.4. The lowest BCUT2D eigenvalue weighted by molar-refractivity contribution is -0.127. The number of aryl methyl sites for hydroxylation is 2. The molecular formula is C29H46N6O3S. The number of anilines is 3. The van der Waals surface area contributed by atoms with Gasteiger partial charge in [0, 0.05) is 31.6 Å². The molecule has 0 aliphatic heterocycles. The number of benzene rings is 1. The van der Waals surface area contributed by atoms with Crippen LogP contribution in [0.4, 0.5) is 17.5 Å². The zero-order valence-electron chi connectivity index (χ0n) is 23.9. The van der Waals surface area contributed by atoms with E-state index >= 15 is 0 Å². The highest BCUT2D eigenvalue weighted by Crippen LogP contribution is 2.23. The third-order valence-electron chi connectivity index (χ3n) is 5.03. The van der Waals surface area contributed by atoms with Crippen molar-refractivity contribution in [1.29, 1.82) is 5.41 Å². The van der Waals surface area contributed by atoms with Crippen LogP contribution in [0.3, 0.4) is 0 Å². The molecule has 0 fully saturated rings. The molecule has 9 nitrogen and oxygen atoms in total. The Labute approximate surface area is 239 Å². The number of nitrogens with one attached hydrogen (secondary N) is 4. The molecule has 2 rings (SSSR count). The second kappa shape index (κ2) is 19.8. The molecule has 0 radical (unpaired) electrons. The van der Waals surface area contributed by atoms with E-state index in [2.05, 4.69) is 46.0 Å². The van der Waals surface area contributed by atoms with Crippen molar-refractivity contribution in [2.75, 3.05) is 35.6 Å². The van der Waals surface area contributed by atoms with Crippen molar-refractivity contribution in [2.24, 2.45) is 5.92 Å². The molecule has 0 aliphatic carbocycles. The Morgan fingerprint density at radius 2 is 1.74 bits per heavy atom. The molecule has 216 valence electrons.